The lowest BCUT2D eigenvalue weighted by atomic mass is 9.96. The van der Waals surface area contributed by atoms with E-state index < -0.39 is 9.84 Å². The Hall–Kier alpha value is -1.41. The van der Waals surface area contributed by atoms with Gasteiger partial charge >= 0.3 is 0 Å². The zero-order valence-corrected chi connectivity index (χ0v) is 13.5. The van der Waals surface area contributed by atoms with E-state index in [4.69, 9.17) is 5.84 Å². The first-order valence-electron chi connectivity index (χ1n) is 7.03. The number of nitrogens with one attached hydrogen (secondary N) is 2. The van der Waals surface area contributed by atoms with Crippen LogP contribution in [0.25, 0.3) is 0 Å². The zero-order chi connectivity index (χ0) is 15.7. The summed E-state index contributed by atoms with van der Waals surface area (Å²) in [6, 6.07) is 1.58. The quantitative estimate of drug-likeness (QED) is 0.565. The Morgan fingerprint density at radius 2 is 1.95 bits per heavy atom. The van der Waals surface area contributed by atoms with Gasteiger partial charge in [-0.25, -0.2) is 24.2 Å². The van der Waals surface area contributed by atoms with Crippen LogP contribution in [-0.2, 0) is 15.3 Å². The number of nitrogens with two attached hydrogens (primary N) is 1. The predicted octanol–water partition coefficient (Wildman–Crippen LogP) is 1.05. The van der Waals surface area contributed by atoms with Gasteiger partial charge in [-0.15, -0.1) is 0 Å². The number of hydrazine groups is 1. The van der Waals surface area contributed by atoms with Crippen LogP contribution in [0.5, 0.6) is 0 Å². The molecular weight excluding hydrogens is 290 g/mol. The molecule has 1 aromatic rings. The third-order valence-electron chi connectivity index (χ3n) is 3.36. The molecule has 0 bridgehead atoms. The summed E-state index contributed by atoms with van der Waals surface area (Å²) in [6.07, 6.45) is 1.50. The highest BCUT2D eigenvalue weighted by Crippen LogP contribution is 2.23. The van der Waals surface area contributed by atoms with Crippen molar-refractivity contribution in [1.29, 1.82) is 0 Å². The van der Waals surface area contributed by atoms with E-state index in [1.54, 1.807) is 6.07 Å². The van der Waals surface area contributed by atoms with Gasteiger partial charge < -0.3 is 10.7 Å². The van der Waals surface area contributed by atoms with Gasteiger partial charge in [0.25, 0.3) is 0 Å². The number of anilines is 2. The molecule has 8 heteroatoms. The van der Waals surface area contributed by atoms with Gasteiger partial charge in [0.2, 0.25) is 0 Å². The summed E-state index contributed by atoms with van der Waals surface area (Å²) in [5.41, 5.74) is 2.30. The van der Waals surface area contributed by atoms with Crippen LogP contribution < -0.4 is 16.6 Å². The fourth-order valence-electron chi connectivity index (χ4n) is 2.28. The number of nitrogen functional groups attached to an aromatic ring is 1. The standard InChI is InChI=1S/C13H23N5O2S/c1-13(2,3)12-16-10(7-11(17-12)18-14)15-9-5-4-6-21(19,20)8-9/h7,9H,4-6,8,14H2,1-3H3,(H2,15,16,17,18). The van der Waals surface area contributed by atoms with Crippen molar-refractivity contribution in [2.75, 3.05) is 22.2 Å². The number of rotatable bonds is 3. The second kappa shape index (κ2) is 5.76. The molecule has 0 saturated carbocycles. The summed E-state index contributed by atoms with van der Waals surface area (Å²) in [5.74, 6) is 7.63. The van der Waals surface area contributed by atoms with Gasteiger partial charge in [0.05, 0.1) is 11.5 Å². The monoisotopic (exact) mass is 313 g/mol. The van der Waals surface area contributed by atoms with Crippen LogP contribution in [0.3, 0.4) is 0 Å². The molecule has 1 aliphatic heterocycles. The van der Waals surface area contributed by atoms with Crippen LogP contribution >= 0.6 is 0 Å². The van der Waals surface area contributed by atoms with Gasteiger partial charge in [0, 0.05) is 17.5 Å². The molecule has 21 heavy (non-hydrogen) atoms. The van der Waals surface area contributed by atoms with Crippen molar-refractivity contribution in [1.82, 2.24) is 9.97 Å². The molecule has 4 N–H and O–H groups in total. The van der Waals surface area contributed by atoms with Gasteiger partial charge in [0.1, 0.15) is 17.5 Å². The van der Waals surface area contributed by atoms with Gasteiger partial charge in [-0.05, 0) is 12.8 Å². The van der Waals surface area contributed by atoms with Crippen LogP contribution in [0.1, 0.15) is 39.4 Å². The van der Waals surface area contributed by atoms with Crippen molar-refractivity contribution < 1.29 is 8.42 Å². The molecule has 1 fully saturated rings. The largest absolute Gasteiger partial charge is 0.366 e. The average molecular weight is 313 g/mol. The van der Waals surface area contributed by atoms with Crippen LogP contribution in [0.2, 0.25) is 0 Å². The van der Waals surface area contributed by atoms with Gasteiger partial charge in [-0.1, -0.05) is 20.8 Å². The zero-order valence-electron chi connectivity index (χ0n) is 12.7. The third-order valence-corrected chi connectivity index (χ3v) is 5.18. The molecule has 0 radical (unpaired) electrons. The van der Waals surface area contributed by atoms with E-state index in [2.05, 4.69) is 20.7 Å². The summed E-state index contributed by atoms with van der Waals surface area (Å²) < 4.78 is 23.4. The minimum absolute atomic E-state index is 0.114. The number of nitrogens with zero attached hydrogens (tertiary/aromatic N) is 2. The molecule has 0 aromatic carbocycles. The van der Waals surface area contributed by atoms with Crippen molar-refractivity contribution in [2.45, 2.75) is 45.1 Å². The maximum atomic E-state index is 11.7. The molecule has 0 aliphatic carbocycles. The van der Waals surface area contributed by atoms with Crippen molar-refractivity contribution in [2.24, 2.45) is 5.84 Å². The fourth-order valence-corrected chi connectivity index (χ4v) is 3.91. The lowest BCUT2D eigenvalue weighted by molar-refractivity contribution is 0.543. The Morgan fingerprint density at radius 1 is 1.29 bits per heavy atom. The maximum Gasteiger partial charge on any atom is 0.152 e. The highest BCUT2D eigenvalue weighted by molar-refractivity contribution is 7.91. The van der Waals surface area contributed by atoms with Crippen molar-refractivity contribution in [3.63, 3.8) is 0 Å². The lowest BCUT2D eigenvalue weighted by Crippen LogP contribution is -2.35. The predicted molar refractivity (Wildman–Crippen MR) is 83.8 cm³/mol. The fraction of sp³-hybridized carbons (Fsp3) is 0.692. The smallest absolute Gasteiger partial charge is 0.152 e. The van der Waals surface area contributed by atoms with Crippen LogP contribution in [0.15, 0.2) is 6.07 Å². The highest BCUT2D eigenvalue weighted by atomic mass is 32.2. The first-order valence-corrected chi connectivity index (χ1v) is 8.85. The highest BCUT2D eigenvalue weighted by Gasteiger charge is 2.26. The first-order chi connectivity index (χ1) is 9.69. The van der Waals surface area contributed by atoms with Gasteiger partial charge in [-0.2, -0.15) is 0 Å². The molecule has 1 unspecified atom stereocenters. The lowest BCUT2D eigenvalue weighted by Gasteiger charge is -2.25. The van der Waals surface area contributed by atoms with Crippen LogP contribution in [0, 0.1) is 0 Å². The normalized spacial score (nSPS) is 21.8. The molecule has 1 aliphatic rings. The summed E-state index contributed by atoms with van der Waals surface area (Å²) in [5, 5.41) is 3.20. The van der Waals surface area contributed by atoms with E-state index in [9.17, 15) is 8.42 Å². The minimum atomic E-state index is -2.95. The molecule has 7 nitrogen and oxygen atoms in total. The average Bonchev–Trinajstić information content (AvgIpc) is 2.36. The van der Waals surface area contributed by atoms with E-state index in [0.29, 0.717) is 23.9 Å². The van der Waals surface area contributed by atoms with Crippen LogP contribution in [-0.4, -0.2) is 35.9 Å². The Kier molecular flexibility index (Phi) is 4.38. The summed E-state index contributed by atoms with van der Waals surface area (Å²) in [6.45, 7) is 6.03. The number of aromatic nitrogens is 2. The molecule has 0 amide bonds. The molecule has 2 heterocycles. The Morgan fingerprint density at radius 3 is 2.52 bits per heavy atom. The molecule has 0 spiro atoms. The molecule has 118 valence electrons. The third kappa shape index (κ3) is 4.28. The van der Waals surface area contributed by atoms with E-state index >= 15 is 0 Å². The molecular formula is C13H23N5O2S. The molecule has 1 atom stereocenters. The minimum Gasteiger partial charge on any atom is -0.366 e. The molecule has 2 rings (SSSR count). The number of sulfone groups is 1. The van der Waals surface area contributed by atoms with Crippen molar-refractivity contribution in [3.8, 4) is 0 Å². The van der Waals surface area contributed by atoms with Crippen molar-refractivity contribution in [3.05, 3.63) is 11.9 Å². The maximum absolute atomic E-state index is 11.7. The second-order valence-corrected chi connectivity index (χ2v) is 8.68. The summed E-state index contributed by atoms with van der Waals surface area (Å²) >= 11 is 0. The number of hydrogen-bond donors (Lipinski definition) is 3. The Bertz CT molecular complexity index is 609. The Labute approximate surface area is 125 Å². The van der Waals surface area contributed by atoms with E-state index in [-0.39, 0.29) is 23.0 Å². The van der Waals surface area contributed by atoms with E-state index in [0.717, 1.165) is 6.42 Å². The van der Waals surface area contributed by atoms with E-state index in [1.165, 1.54) is 0 Å². The van der Waals surface area contributed by atoms with Crippen LogP contribution in [0.4, 0.5) is 11.6 Å². The number of hydrogen-bond acceptors (Lipinski definition) is 7. The summed E-state index contributed by atoms with van der Waals surface area (Å²) in [7, 11) is -2.95. The second-order valence-electron chi connectivity index (χ2n) is 6.45. The van der Waals surface area contributed by atoms with Gasteiger partial charge in [0.15, 0.2) is 9.84 Å². The molecule has 1 saturated heterocycles. The Balaban J connectivity index is 2.23. The molecule has 1 aromatic heterocycles. The van der Waals surface area contributed by atoms with Crippen molar-refractivity contribution >= 4 is 21.5 Å². The first kappa shape index (κ1) is 16.0. The van der Waals surface area contributed by atoms with Gasteiger partial charge in [-0.3, -0.25) is 0 Å². The van der Waals surface area contributed by atoms with E-state index in [1.807, 2.05) is 20.8 Å². The summed E-state index contributed by atoms with van der Waals surface area (Å²) in [4.78, 5) is 8.82. The SMILES string of the molecule is CC(C)(C)c1nc(NN)cc(NC2CCCS(=O)(=O)C2)n1. The topological polar surface area (TPSA) is 110 Å².